The van der Waals surface area contributed by atoms with Crippen molar-refractivity contribution in [3.05, 3.63) is 130 Å². The molecule has 0 spiro atoms. The van der Waals surface area contributed by atoms with Gasteiger partial charge >= 0.3 is 0 Å². The van der Waals surface area contributed by atoms with Crippen LogP contribution in [0.25, 0.3) is 5.57 Å². The highest BCUT2D eigenvalue weighted by Gasteiger charge is 2.37. The van der Waals surface area contributed by atoms with Crippen LogP contribution in [0.5, 0.6) is 0 Å². The Morgan fingerprint density at radius 3 is 1.83 bits per heavy atom. The van der Waals surface area contributed by atoms with Crippen LogP contribution in [-0.2, 0) is 14.3 Å². The summed E-state index contributed by atoms with van der Waals surface area (Å²) >= 11 is 0. The first kappa shape index (κ1) is 38.7. The van der Waals surface area contributed by atoms with Crippen LogP contribution >= 0.6 is 0 Å². The molecule has 0 saturated heterocycles. The number of Topliss-reactive ketones (excluding diaryl/α,β-unsaturated/α-hetero) is 1. The second-order valence-electron chi connectivity index (χ2n) is 14.8. The van der Waals surface area contributed by atoms with Gasteiger partial charge in [-0.05, 0) is 121 Å². The van der Waals surface area contributed by atoms with Crippen molar-refractivity contribution in [1.82, 2.24) is 0 Å². The lowest BCUT2D eigenvalue weighted by Gasteiger charge is -2.32. The van der Waals surface area contributed by atoms with E-state index in [0.29, 0.717) is 35.4 Å². The summed E-state index contributed by atoms with van der Waals surface area (Å²) in [5.74, 6) is -0.112. The van der Waals surface area contributed by atoms with Gasteiger partial charge in [-0.2, -0.15) is 4.58 Å². The normalized spacial score (nSPS) is 15.5. The average molecular weight is 702 g/mol. The third-order valence-electron chi connectivity index (χ3n) is 9.76. The SMILES string of the molecule is CCC(CN(c1ccc(C2=C(O)C(=C3C=CC(=[N+](CC(CC)OC(C)C)c4ccc(C)cc4C)C=C3)C2=O)cc1)c1ccc(C)cc1C)OC(C)C. The minimum atomic E-state index is -0.150. The molecular weight excluding hydrogens is 645 g/mol. The molecule has 52 heavy (non-hydrogen) atoms. The molecule has 0 aromatic heterocycles. The van der Waals surface area contributed by atoms with Crippen molar-refractivity contribution in [2.45, 2.75) is 106 Å². The van der Waals surface area contributed by atoms with E-state index in [1.807, 2.05) is 48.6 Å². The second kappa shape index (κ2) is 16.9. The van der Waals surface area contributed by atoms with Gasteiger partial charge in [0.05, 0.1) is 29.5 Å². The molecule has 1 N–H and O–H groups in total. The molecule has 2 atom stereocenters. The third kappa shape index (κ3) is 8.74. The van der Waals surface area contributed by atoms with E-state index in [1.54, 1.807) is 0 Å². The van der Waals surface area contributed by atoms with Crippen molar-refractivity contribution in [3.63, 3.8) is 0 Å². The maximum absolute atomic E-state index is 13.7. The lowest BCUT2D eigenvalue weighted by Crippen LogP contribution is -2.32. The summed E-state index contributed by atoms with van der Waals surface area (Å²) in [5.41, 5.74) is 11.2. The number of aliphatic hydroxyl groups excluding tert-OH is 1. The number of aryl methyl sites for hydroxylation is 4. The highest BCUT2D eigenvalue weighted by Crippen LogP contribution is 2.40. The lowest BCUT2D eigenvalue weighted by molar-refractivity contribution is -0.454. The number of aliphatic hydroxyl groups is 1. The molecule has 6 nitrogen and oxygen atoms in total. The maximum Gasteiger partial charge on any atom is 0.208 e. The van der Waals surface area contributed by atoms with E-state index in [0.717, 1.165) is 35.6 Å². The number of ketones is 1. The Morgan fingerprint density at radius 1 is 0.712 bits per heavy atom. The molecule has 0 heterocycles. The van der Waals surface area contributed by atoms with Gasteiger partial charge in [0.25, 0.3) is 0 Å². The number of hydrogen-bond acceptors (Lipinski definition) is 5. The molecule has 0 aliphatic heterocycles. The van der Waals surface area contributed by atoms with E-state index < -0.39 is 0 Å². The fraction of sp³-hybridized carbons (Fsp3) is 0.391. The molecule has 5 rings (SSSR count). The van der Waals surface area contributed by atoms with Crippen molar-refractivity contribution in [2.75, 3.05) is 18.0 Å². The quantitative estimate of drug-likeness (QED) is 0.134. The first-order valence-electron chi connectivity index (χ1n) is 18.9. The lowest BCUT2D eigenvalue weighted by atomic mass is 9.80. The number of carbonyl (C=O) groups excluding carboxylic acids is 1. The van der Waals surface area contributed by atoms with Crippen LogP contribution in [-0.4, -0.2) is 58.7 Å². The van der Waals surface area contributed by atoms with Crippen LogP contribution in [0.1, 0.15) is 82.2 Å². The van der Waals surface area contributed by atoms with E-state index in [-0.39, 0.29) is 36.0 Å². The Hall–Kier alpha value is -4.52. The van der Waals surface area contributed by atoms with Crippen molar-refractivity contribution in [2.24, 2.45) is 0 Å². The number of nitrogens with zero attached hydrogens (tertiary/aromatic N) is 2. The van der Waals surface area contributed by atoms with Crippen LogP contribution in [0, 0.1) is 27.7 Å². The molecule has 0 radical (unpaired) electrons. The van der Waals surface area contributed by atoms with E-state index in [1.165, 1.54) is 22.3 Å². The summed E-state index contributed by atoms with van der Waals surface area (Å²) in [6, 6.07) is 20.9. The van der Waals surface area contributed by atoms with E-state index >= 15 is 0 Å². The molecular formula is C46H57N2O4+. The van der Waals surface area contributed by atoms with E-state index in [4.69, 9.17) is 9.47 Å². The standard InChI is InChI=1S/C46H56N2O4/c1-11-39(51-29(3)4)27-47(41-23-13-31(7)25-33(41)9)37-19-15-35(16-20-37)43-45(49)44(46(43)50)36-17-21-38(22-18-36)48(28-40(12-2)52-30(5)6)42-24-14-32(8)26-34(42)10/h13-26,29-30,39-40H,11-12,27-28H2,1-10H3/p+1. The van der Waals surface area contributed by atoms with Gasteiger partial charge in [-0.15, -0.1) is 0 Å². The monoisotopic (exact) mass is 701 g/mol. The zero-order chi connectivity index (χ0) is 37.7. The fourth-order valence-corrected chi connectivity index (χ4v) is 7.17. The number of carbonyl (C=O) groups is 1. The summed E-state index contributed by atoms with van der Waals surface area (Å²) in [6.45, 7) is 22.5. The minimum Gasteiger partial charge on any atom is -0.506 e. The van der Waals surface area contributed by atoms with Crippen molar-refractivity contribution >= 4 is 34.1 Å². The average Bonchev–Trinajstić information content (AvgIpc) is 3.09. The van der Waals surface area contributed by atoms with Gasteiger partial charge in [0.1, 0.15) is 11.9 Å². The highest BCUT2D eigenvalue weighted by molar-refractivity contribution is 6.39. The molecule has 3 aromatic rings. The summed E-state index contributed by atoms with van der Waals surface area (Å²) in [5, 5.41) is 11.3. The van der Waals surface area contributed by atoms with Crippen molar-refractivity contribution in [1.29, 1.82) is 0 Å². The summed E-state index contributed by atoms with van der Waals surface area (Å²) < 4.78 is 14.8. The number of benzene rings is 3. The molecule has 0 amide bonds. The van der Waals surface area contributed by atoms with Crippen LogP contribution < -0.4 is 4.90 Å². The van der Waals surface area contributed by atoms with Gasteiger partial charge in [0.2, 0.25) is 17.2 Å². The summed E-state index contributed by atoms with van der Waals surface area (Å²) in [6.07, 6.45) is 10.1. The summed E-state index contributed by atoms with van der Waals surface area (Å²) in [7, 11) is 0. The largest absolute Gasteiger partial charge is 0.506 e. The van der Waals surface area contributed by atoms with Gasteiger partial charge in [-0.1, -0.05) is 55.3 Å². The van der Waals surface area contributed by atoms with Crippen LogP contribution in [0.2, 0.25) is 0 Å². The van der Waals surface area contributed by atoms with Crippen LogP contribution in [0.4, 0.5) is 17.1 Å². The molecule has 2 aliphatic carbocycles. The van der Waals surface area contributed by atoms with Gasteiger partial charge in [0, 0.05) is 41.7 Å². The molecule has 0 saturated carbocycles. The number of anilines is 2. The first-order chi connectivity index (χ1) is 24.8. The van der Waals surface area contributed by atoms with Gasteiger partial charge < -0.3 is 19.5 Å². The Bertz CT molecular complexity index is 1920. The fourth-order valence-electron chi connectivity index (χ4n) is 7.17. The summed E-state index contributed by atoms with van der Waals surface area (Å²) in [4.78, 5) is 16.0. The number of ether oxygens (including phenoxy) is 2. The molecule has 2 unspecified atom stereocenters. The molecule has 274 valence electrons. The van der Waals surface area contributed by atoms with Crippen molar-refractivity contribution in [3.8, 4) is 0 Å². The van der Waals surface area contributed by atoms with Crippen LogP contribution in [0.15, 0.2) is 102 Å². The van der Waals surface area contributed by atoms with Crippen molar-refractivity contribution < 1.29 is 24.0 Å². The van der Waals surface area contributed by atoms with Gasteiger partial charge in [-0.3, -0.25) is 4.79 Å². The zero-order valence-corrected chi connectivity index (χ0v) is 32.8. The number of rotatable bonds is 14. The maximum atomic E-state index is 13.7. The Kier molecular flexibility index (Phi) is 12.6. The highest BCUT2D eigenvalue weighted by atomic mass is 16.5. The predicted octanol–water partition coefficient (Wildman–Crippen LogP) is 10.5. The smallest absolute Gasteiger partial charge is 0.208 e. The predicted molar refractivity (Wildman–Crippen MR) is 216 cm³/mol. The molecule has 0 fully saturated rings. The Balaban J connectivity index is 1.45. The van der Waals surface area contributed by atoms with Gasteiger partial charge in [-0.25, -0.2) is 0 Å². The first-order valence-corrected chi connectivity index (χ1v) is 18.9. The van der Waals surface area contributed by atoms with Crippen LogP contribution in [0.3, 0.4) is 0 Å². The topological polar surface area (TPSA) is 62.0 Å². The zero-order valence-electron chi connectivity index (χ0n) is 32.8. The molecule has 3 aromatic carbocycles. The van der Waals surface area contributed by atoms with E-state index in [9.17, 15) is 9.90 Å². The molecule has 2 aliphatic rings. The molecule has 0 bridgehead atoms. The Labute approximate surface area is 311 Å². The molecule has 6 heteroatoms. The number of allylic oxidation sites excluding steroid dienone is 7. The Morgan fingerprint density at radius 2 is 1.29 bits per heavy atom. The minimum absolute atomic E-state index is 0.0377. The third-order valence-corrected chi connectivity index (χ3v) is 9.76. The number of hydrogen-bond donors (Lipinski definition) is 1. The van der Waals surface area contributed by atoms with E-state index in [2.05, 4.69) is 115 Å². The van der Waals surface area contributed by atoms with Gasteiger partial charge in [0.15, 0.2) is 6.54 Å². The second-order valence-corrected chi connectivity index (χ2v) is 14.8.